The van der Waals surface area contributed by atoms with Gasteiger partial charge in [-0.2, -0.15) is 0 Å². The number of nitrogen functional groups attached to an aromatic ring is 1. The molecule has 6 N–H and O–H groups in total. The molecule has 85 heavy (non-hydrogen) atoms. The first-order valence-electron chi connectivity index (χ1n) is 26.0. The van der Waals surface area contributed by atoms with Crippen molar-refractivity contribution in [1.82, 2.24) is 29.9 Å². The van der Waals surface area contributed by atoms with E-state index in [1.54, 1.807) is 143 Å². The Morgan fingerprint density at radius 2 is 0.894 bits per heavy atom. The number of nitrogens with one attached hydrogen (secondary N) is 3. The Labute approximate surface area is 497 Å². The van der Waals surface area contributed by atoms with Crippen LogP contribution in [0.2, 0.25) is 0 Å². The fourth-order valence-electron chi connectivity index (χ4n) is 7.83. The second-order valence-corrected chi connectivity index (χ2v) is 22.0. The Kier molecular flexibility index (Phi) is 19.2. The Morgan fingerprint density at radius 3 is 1.32 bits per heavy atom. The zero-order valence-corrected chi connectivity index (χ0v) is 49.6. The number of hydrogen-bond acceptors (Lipinski definition) is 21. The van der Waals surface area contributed by atoms with Crippen molar-refractivity contribution < 1.29 is 52.7 Å². The first-order valence-corrected chi connectivity index (χ1v) is 27.7. The number of carbonyl (C=O) groups excluding carboxylic acids is 3. The smallest absolute Gasteiger partial charge is 0.338 e. The van der Waals surface area contributed by atoms with Gasteiger partial charge in [0.1, 0.15) is 31.9 Å². The van der Waals surface area contributed by atoms with Gasteiger partial charge in [0.2, 0.25) is 0 Å². The summed E-state index contributed by atoms with van der Waals surface area (Å²) in [7, 11) is 6.30. The van der Waals surface area contributed by atoms with E-state index < -0.39 is 23.1 Å². The molecule has 10 aromatic rings. The van der Waals surface area contributed by atoms with E-state index in [-0.39, 0.29) is 17.4 Å². The maximum absolute atomic E-state index is 13.1. The molecule has 0 atom stereocenters. The second kappa shape index (κ2) is 26.8. The molecule has 436 valence electrons. The van der Waals surface area contributed by atoms with E-state index in [9.17, 15) is 24.3 Å². The van der Waals surface area contributed by atoms with Crippen LogP contribution in [0.25, 0.3) is 43.5 Å². The van der Waals surface area contributed by atoms with E-state index in [1.807, 2.05) is 65.8 Å². The highest BCUT2D eigenvalue weighted by Crippen LogP contribution is 2.36. The number of aromatic nitrogens is 6. The van der Waals surface area contributed by atoms with Crippen LogP contribution < -0.4 is 40.6 Å². The van der Waals surface area contributed by atoms with Crippen molar-refractivity contribution in [2.45, 2.75) is 52.7 Å². The Morgan fingerprint density at radius 1 is 0.482 bits per heavy atom. The number of thiazole rings is 2. The molecule has 0 saturated heterocycles. The SMILES string of the molecule is CC(C)(C)OC(=O)c1ccc(N)cc1.COc1ccc(Nc2nc(-c3cccc(C(=O)Nc4ccc(C(=O)OC(C)(C)C)cc4)c3)nc3scnc23)cc1OC.COc1ccc(Nc2nc(-c3cccc(C(=O)O)c3)nc3scnc23)cc1OC. The van der Waals surface area contributed by atoms with Crippen molar-refractivity contribution in [1.29, 1.82) is 0 Å². The molecule has 1 amide bonds. The van der Waals surface area contributed by atoms with E-state index in [2.05, 4.69) is 40.9 Å². The number of methoxy groups -OCH3 is 4. The first-order chi connectivity index (χ1) is 40.6. The molecule has 6 aromatic carbocycles. The topological polar surface area (TPSA) is 283 Å². The fourth-order valence-corrected chi connectivity index (χ4v) is 9.15. The molecule has 0 radical (unpaired) electrons. The lowest BCUT2D eigenvalue weighted by Crippen LogP contribution is -2.23. The predicted octanol–water partition coefficient (Wildman–Crippen LogP) is 13.2. The zero-order chi connectivity index (χ0) is 61.0. The lowest BCUT2D eigenvalue weighted by Gasteiger charge is -2.19. The molecule has 0 unspecified atom stereocenters. The Hall–Kier alpha value is -10.3. The standard InChI is InChI=1S/C31H29N5O5S.C20H16N4O4S.C11H15NO2/c1-31(2,3)41-30(38)18-9-11-21(12-10-18)34-28(37)20-8-6-7-19(15-20)26-35-27(25-29(36-26)42-17-32-25)33-22-13-14-23(39-4)24(16-22)40-5;1-27-14-7-6-13(9-15(14)28-2)22-18-16-19(29-10-21-16)24-17(23-18)11-4-3-5-12(8-11)20(25)26;1-11(2,3)14-10(13)8-4-6-9(12)7-5-8/h6-17H,1-5H3,(H,34,37)(H,33,35,36);3-10H,1-2H3,(H,25,26)(H,22,23,24);4-7H,12H2,1-3H3. The number of fused-ring (bicyclic) bond motifs is 2. The van der Waals surface area contributed by atoms with Gasteiger partial charge in [-0.15, -0.1) is 22.7 Å². The second-order valence-electron chi connectivity index (χ2n) is 20.3. The summed E-state index contributed by atoms with van der Waals surface area (Å²) in [5, 5.41) is 18.7. The van der Waals surface area contributed by atoms with Gasteiger partial charge in [0.15, 0.2) is 46.3 Å². The quantitative estimate of drug-likeness (QED) is 0.0471. The van der Waals surface area contributed by atoms with Crippen molar-refractivity contribution in [3.63, 3.8) is 0 Å². The number of anilines is 6. The summed E-state index contributed by atoms with van der Waals surface area (Å²) in [6, 6.07) is 37.7. The van der Waals surface area contributed by atoms with Gasteiger partial charge in [-0.1, -0.05) is 24.3 Å². The number of amides is 1. The van der Waals surface area contributed by atoms with Gasteiger partial charge >= 0.3 is 17.9 Å². The maximum atomic E-state index is 13.1. The number of esters is 2. The molecule has 0 aliphatic heterocycles. The molecule has 4 heterocycles. The van der Waals surface area contributed by atoms with Crippen molar-refractivity contribution in [2.75, 3.05) is 50.1 Å². The molecular weight excluding hydrogens is 1120 g/mol. The highest BCUT2D eigenvalue weighted by atomic mass is 32.1. The maximum Gasteiger partial charge on any atom is 0.338 e. The minimum atomic E-state index is -1.01. The van der Waals surface area contributed by atoms with Crippen molar-refractivity contribution in [3.8, 4) is 45.8 Å². The van der Waals surface area contributed by atoms with Crippen molar-refractivity contribution in [3.05, 3.63) is 167 Å². The van der Waals surface area contributed by atoms with E-state index in [0.717, 1.165) is 11.4 Å². The molecule has 4 aromatic heterocycles. The minimum absolute atomic E-state index is 0.171. The number of nitrogens with two attached hydrogens (primary N) is 1. The van der Waals surface area contributed by atoms with Gasteiger partial charge in [0, 0.05) is 51.6 Å². The summed E-state index contributed by atoms with van der Waals surface area (Å²) >= 11 is 2.78. The summed E-state index contributed by atoms with van der Waals surface area (Å²) in [5.74, 6) is 2.19. The number of hydrogen-bond donors (Lipinski definition) is 5. The highest BCUT2D eigenvalue weighted by molar-refractivity contribution is 7.16. The number of carbonyl (C=O) groups is 4. The summed E-state index contributed by atoms with van der Waals surface area (Å²) in [5.41, 5.74) is 14.5. The van der Waals surface area contributed by atoms with Gasteiger partial charge in [-0.25, -0.2) is 44.3 Å². The molecule has 0 bridgehead atoms. The third-order valence-electron chi connectivity index (χ3n) is 11.8. The van der Waals surface area contributed by atoms with Gasteiger partial charge in [0.05, 0.1) is 56.2 Å². The Bertz CT molecular complexity index is 4030. The van der Waals surface area contributed by atoms with Crippen LogP contribution in [0, 0.1) is 0 Å². The number of ether oxygens (including phenoxy) is 6. The number of aromatic carboxylic acids is 1. The summed E-state index contributed by atoms with van der Waals surface area (Å²) in [4.78, 5) is 77.0. The number of benzene rings is 6. The van der Waals surface area contributed by atoms with Gasteiger partial charge in [-0.3, -0.25) is 4.79 Å². The predicted molar refractivity (Wildman–Crippen MR) is 329 cm³/mol. The molecule has 23 heteroatoms. The van der Waals surface area contributed by atoms with Crippen LogP contribution in [0.15, 0.2) is 144 Å². The normalized spacial score (nSPS) is 11.0. The van der Waals surface area contributed by atoms with Crippen LogP contribution in [0.3, 0.4) is 0 Å². The van der Waals surface area contributed by atoms with E-state index in [1.165, 1.54) is 28.7 Å². The number of carboxylic acid groups (broad SMARTS) is 1. The number of rotatable bonds is 15. The van der Waals surface area contributed by atoms with E-state index in [0.29, 0.717) is 106 Å². The summed E-state index contributed by atoms with van der Waals surface area (Å²) in [6.45, 7) is 10.9. The minimum Gasteiger partial charge on any atom is -0.493 e. The molecule has 0 spiro atoms. The monoisotopic (exact) mass is 1180 g/mol. The average Bonchev–Trinajstić information content (AvgIpc) is 2.95. The summed E-state index contributed by atoms with van der Waals surface area (Å²) in [6.07, 6.45) is 0. The van der Waals surface area contributed by atoms with Crippen molar-refractivity contribution in [2.24, 2.45) is 0 Å². The van der Waals surface area contributed by atoms with Gasteiger partial charge in [-0.05, 0) is 139 Å². The van der Waals surface area contributed by atoms with Crippen molar-refractivity contribution >= 4 is 102 Å². The van der Waals surface area contributed by atoms with Crippen LogP contribution in [0.4, 0.5) is 34.4 Å². The first kappa shape index (κ1) is 60.8. The van der Waals surface area contributed by atoms with Crippen LogP contribution in [0.5, 0.6) is 23.0 Å². The van der Waals surface area contributed by atoms with Gasteiger partial charge in [0.25, 0.3) is 5.91 Å². The lowest BCUT2D eigenvalue weighted by molar-refractivity contribution is 0.00570. The van der Waals surface area contributed by atoms with E-state index in [4.69, 9.17) is 39.1 Å². The largest absolute Gasteiger partial charge is 0.493 e. The number of carboxylic acids is 1. The average molecular weight is 1190 g/mol. The van der Waals surface area contributed by atoms with Crippen LogP contribution in [-0.4, -0.2) is 98.5 Å². The van der Waals surface area contributed by atoms with Crippen LogP contribution >= 0.6 is 22.7 Å². The summed E-state index contributed by atoms with van der Waals surface area (Å²) < 4.78 is 32.0. The fraction of sp³-hybridized carbons (Fsp3) is 0.194. The van der Waals surface area contributed by atoms with Crippen LogP contribution in [0.1, 0.15) is 83.0 Å². The third-order valence-corrected chi connectivity index (χ3v) is 13.2. The molecule has 0 saturated carbocycles. The lowest BCUT2D eigenvalue weighted by atomic mass is 10.1. The molecular formula is C62H60N10O11S2. The molecule has 21 nitrogen and oxygen atoms in total. The molecule has 0 fully saturated rings. The molecule has 10 rings (SSSR count). The van der Waals surface area contributed by atoms with E-state index >= 15 is 0 Å². The molecule has 0 aliphatic carbocycles. The Balaban J connectivity index is 0.000000188. The third kappa shape index (κ3) is 16.1. The van der Waals surface area contributed by atoms with Gasteiger partial charge < -0.3 is 55.2 Å². The number of nitrogens with zero attached hydrogens (tertiary/aromatic N) is 6. The zero-order valence-electron chi connectivity index (χ0n) is 48.0. The molecule has 0 aliphatic rings. The van der Waals surface area contributed by atoms with Crippen LogP contribution in [-0.2, 0) is 9.47 Å². The highest BCUT2D eigenvalue weighted by Gasteiger charge is 2.21.